The molecule has 1 saturated heterocycles. The van der Waals surface area contributed by atoms with Crippen molar-refractivity contribution in [3.63, 3.8) is 0 Å². The number of rotatable bonds is 3. The second-order valence-corrected chi connectivity index (χ2v) is 12.0. The van der Waals surface area contributed by atoms with Crippen LogP contribution in [0.2, 0.25) is 0 Å². The van der Waals surface area contributed by atoms with Gasteiger partial charge in [0.1, 0.15) is 0 Å². The molecule has 5 fully saturated rings. The topological polar surface area (TPSA) is 36.7 Å². The third-order valence-electron chi connectivity index (χ3n) is 9.00. The van der Waals surface area contributed by atoms with Crippen molar-refractivity contribution in [1.29, 1.82) is 0 Å². The summed E-state index contributed by atoms with van der Waals surface area (Å²) in [5, 5.41) is 0. The van der Waals surface area contributed by atoms with E-state index >= 15 is 0 Å². The second-order valence-electron chi connectivity index (χ2n) is 12.0. The molecule has 5 aliphatic rings. The van der Waals surface area contributed by atoms with Crippen molar-refractivity contribution in [2.75, 3.05) is 4.90 Å². The first-order valence-electron chi connectivity index (χ1n) is 12.0. The first kappa shape index (κ1) is 24.4. The molecule has 30 heavy (non-hydrogen) atoms. The van der Waals surface area contributed by atoms with Gasteiger partial charge in [-0.3, -0.25) is 0 Å². The van der Waals surface area contributed by atoms with E-state index in [9.17, 15) is 0 Å². The average molecular weight is 592 g/mol. The third kappa shape index (κ3) is 3.54. The first-order valence-corrected chi connectivity index (χ1v) is 12.0. The van der Waals surface area contributed by atoms with E-state index in [1.165, 1.54) is 43.2 Å². The molecule has 4 saturated carbocycles. The van der Waals surface area contributed by atoms with Gasteiger partial charge in [-0.25, -0.2) is 6.54 Å². The van der Waals surface area contributed by atoms with Gasteiger partial charge in [0.25, 0.3) is 0 Å². The van der Waals surface area contributed by atoms with Crippen LogP contribution in [0.3, 0.4) is 0 Å². The van der Waals surface area contributed by atoms with Crippen LogP contribution in [-0.2, 0) is 22.4 Å². The maximum absolute atomic E-state index is 2.80. The Bertz CT molecular complexity index is 712. The molecule has 2 nitrogen and oxygen atoms in total. The van der Waals surface area contributed by atoms with Gasteiger partial charge in [-0.05, 0) is 80.8 Å². The Kier molecular flexibility index (Phi) is 6.70. The van der Waals surface area contributed by atoms with Gasteiger partial charge >= 0.3 is 0 Å². The number of benzene rings is 1. The van der Waals surface area contributed by atoms with Crippen molar-refractivity contribution in [3.8, 4) is 0 Å². The molecule has 1 aliphatic heterocycles. The Labute approximate surface area is 201 Å². The summed E-state index contributed by atoms with van der Waals surface area (Å²) in [5.74, 6) is 5.12. The largest absolute Gasteiger partial charge is 0.693 e. The van der Waals surface area contributed by atoms with Gasteiger partial charge in [0.15, 0.2) is 0 Å². The molecular formula is C27H42AuN2-2. The Morgan fingerprint density at radius 3 is 1.77 bits per heavy atom. The predicted octanol–water partition coefficient (Wildman–Crippen LogP) is 8.24. The van der Waals surface area contributed by atoms with E-state index in [0.29, 0.717) is 17.3 Å². The summed E-state index contributed by atoms with van der Waals surface area (Å²) < 4.78 is 0. The molecule has 6 rings (SSSR count). The van der Waals surface area contributed by atoms with Gasteiger partial charge in [-0.15, -0.1) is 5.41 Å². The molecule has 2 N–H and O–H groups in total. The molecule has 0 amide bonds. The van der Waals surface area contributed by atoms with E-state index in [1.54, 1.807) is 12.1 Å². The fourth-order valence-electron chi connectivity index (χ4n) is 8.01. The number of hydrogen-bond donors (Lipinski definition) is 0. The quantitative estimate of drug-likeness (QED) is 0.258. The van der Waals surface area contributed by atoms with E-state index < -0.39 is 0 Å². The monoisotopic (exact) mass is 591 g/mol. The van der Waals surface area contributed by atoms with Crippen LogP contribution in [0.1, 0.15) is 103 Å². The molecule has 1 heterocycles. The minimum atomic E-state index is 0. The summed E-state index contributed by atoms with van der Waals surface area (Å²) >= 11 is 0. The van der Waals surface area contributed by atoms with E-state index in [4.69, 9.17) is 0 Å². The van der Waals surface area contributed by atoms with Gasteiger partial charge in [0.05, 0.1) is 0 Å². The summed E-state index contributed by atoms with van der Waals surface area (Å²) in [6.07, 6.45) is 8.95. The molecule has 1 spiro atoms. The molecule has 1 aromatic rings. The normalized spacial score (nSPS) is 35.8. The van der Waals surface area contributed by atoms with Crippen LogP contribution in [-0.4, -0.2) is 5.54 Å². The van der Waals surface area contributed by atoms with Crippen molar-refractivity contribution in [2.24, 2.45) is 29.1 Å². The molecule has 4 aliphatic carbocycles. The smallest absolute Gasteiger partial charge is 0.0145 e. The summed E-state index contributed by atoms with van der Waals surface area (Å²) in [6, 6.07) is 7.06. The van der Waals surface area contributed by atoms with Crippen molar-refractivity contribution in [3.05, 3.63) is 42.0 Å². The standard InChI is InChI=1S/C27H40N.Au.H2N/c1-17(2)23-8-7-9-24(18(3)4)25(23)28-16-27(15-26(28,5)6)21-11-19-10-20(13-21)14-22(27)12-19;;/h7-9,16-22H,10-15H2,1-6H3;;1H2/q-1;;-1. The SMILES string of the molecule is CC(C)c1cccc(C(C)C)c1N1[CH-]C2(CC1(C)C)C1CC3CC(C1)CC2C3.[Au].[NH2-]. The van der Waals surface area contributed by atoms with Crippen molar-refractivity contribution < 1.29 is 22.4 Å². The molecule has 4 bridgehead atoms. The Morgan fingerprint density at radius 1 is 0.867 bits per heavy atom. The Balaban J connectivity index is 0.00000128. The van der Waals surface area contributed by atoms with Gasteiger partial charge in [-0.2, -0.15) is 0 Å². The Hall–Kier alpha value is -0.280. The number of para-hydroxylation sites is 1. The molecule has 173 valence electrons. The zero-order chi connectivity index (χ0) is 19.8. The first-order chi connectivity index (χ1) is 13.2. The fourth-order valence-corrected chi connectivity index (χ4v) is 8.01. The Morgan fingerprint density at radius 2 is 1.33 bits per heavy atom. The molecule has 0 aromatic heterocycles. The molecular weight excluding hydrogens is 549 g/mol. The summed E-state index contributed by atoms with van der Waals surface area (Å²) in [7, 11) is 0. The molecule has 0 atom stereocenters. The number of hydrogen-bond acceptors (Lipinski definition) is 1. The number of nitrogens with two attached hydrogens (primary N) is 1. The van der Waals surface area contributed by atoms with E-state index in [1.807, 2.05) is 0 Å². The average Bonchev–Trinajstić information content (AvgIpc) is 2.90. The molecule has 3 heteroatoms. The number of nitrogens with zero attached hydrogens (tertiary/aromatic N) is 1. The van der Waals surface area contributed by atoms with Crippen LogP contribution in [0.4, 0.5) is 5.69 Å². The minimum Gasteiger partial charge on any atom is -0.693 e. The van der Waals surface area contributed by atoms with Gasteiger partial charge in [0.2, 0.25) is 0 Å². The second kappa shape index (κ2) is 8.25. The van der Waals surface area contributed by atoms with Crippen LogP contribution in [0.5, 0.6) is 0 Å². The van der Waals surface area contributed by atoms with Gasteiger partial charge in [-0.1, -0.05) is 64.2 Å². The van der Waals surface area contributed by atoms with Crippen LogP contribution in [0, 0.1) is 35.6 Å². The van der Waals surface area contributed by atoms with Crippen molar-refractivity contribution in [1.82, 2.24) is 0 Å². The summed E-state index contributed by atoms with van der Waals surface area (Å²) in [5.41, 5.74) is 5.30. The van der Waals surface area contributed by atoms with E-state index in [2.05, 4.69) is 71.2 Å². The fraction of sp³-hybridized carbons (Fsp3) is 0.741. The van der Waals surface area contributed by atoms with Crippen LogP contribution < -0.4 is 4.90 Å². The zero-order valence-electron chi connectivity index (χ0n) is 19.8. The van der Waals surface area contributed by atoms with Crippen molar-refractivity contribution in [2.45, 2.75) is 97.4 Å². The van der Waals surface area contributed by atoms with Crippen LogP contribution in [0.25, 0.3) is 6.15 Å². The van der Waals surface area contributed by atoms with Crippen molar-refractivity contribution >= 4 is 5.69 Å². The molecule has 1 aromatic carbocycles. The van der Waals surface area contributed by atoms with Gasteiger partial charge in [0, 0.05) is 33.6 Å². The van der Waals surface area contributed by atoms with E-state index in [-0.39, 0.29) is 34.1 Å². The molecule has 1 radical (unpaired) electrons. The van der Waals surface area contributed by atoms with E-state index in [0.717, 1.165) is 23.7 Å². The third-order valence-corrected chi connectivity index (χ3v) is 9.00. The number of anilines is 1. The maximum Gasteiger partial charge on any atom is 0.0145 e. The van der Waals surface area contributed by atoms with Crippen LogP contribution >= 0.6 is 0 Å². The van der Waals surface area contributed by atoms with Gasteiger partial charge < -0.3 is 11.1 Å². The minimum absolute atomic E-state index is 0. The summed E-state index contributed by atoms with van der Waals surface area (Å²) in [6.45, 7) is 17.3. The predicted molar refractivity (Wildman–Crippen MR) is 125 cm³/mol. The summed E-state index contributed by atoms with van der Waals surface area (Å²) in [4.78, 5) is 2.78. The molecule has 0 unspecified atom stereocenters. The zero-order valence-corrected chi connectivity index (χ0v) is 22.0. The van der Waals surface area contributed by atoms with Crippen LogP contribution in [0.15, 0.2) is 18.2 Å². The maximum atomic E-state index is 2.80.